The second-order valence-electron chi connectivity index (χ2n) is 10.2. The minimum absolute atomic E-state index is 0.000996. The summed E-state index contributed by atoms with van der Waals surface area (Å²) in [6.07, 6.45) is 7.84. The first-order chi connectivity index (χ1) is 17.0. The highest BCUT2D eigenvalue weighted by Crippen LogP contribution is 2.49. The number of allylic oxidation sites excluding steroid dienone is 1. The van der Waals surface area contributed by atoms with Crippen LogP contribution >= 0.6 is 11.6 Å². The van der Waals surface area contributed by atoms with E-state index in [1.165, 1.54) is 18.4 Å². The van der Waals surface area contributed by atoms with Crippen LogP contribution in [0, 0.1) is 0 Å². The Balaban J connectivity index is 1.45. The predicted octanol–water partition coefficient (Wildman–Crippen LogP) is 5.74. The summed E-state index contributed by atoms with van der Waals surface area (Å²) in [6.45, 7) is 3.06. The normalized spacial score (nSPS) is 24.4. The summed E-state index contributed by atoms with van der Waals surface area (Å²) >= 11 is 6.66. The van der Waals surface area contributed by atoms with E-state index in [4.69, 9.17) is 11.6 Å². The van der Waals surface area contributed by atoms with Crippen LogP contribution in [0.4, 0.5) is 0 Å². The van der Waals surface area contributed by atoms with Gasteiger partial charge < -0.3 is 14.8 Å². The molecule has 2 aliphatic heterocycles. The van der Waals surface area contributed by atoms with Crippen molar-refractivity contribution in [3.63, 3.8) is 0 Å². The SMILES string of the molecule is C[C@]12C(=O)N(CCC3=CCCCC3)CC(=O)N1C[C@@H](c1ccccc1Cl)c1c2[nH]c2ccccc12. The first-order valence-corrected chi connectivity index (χ1v) is 13.0. The summed E-state index contributed by atoms with van der Waals surface area (Å²) in [7, 11) is 0. The van der Waals surface area contributed by atoms with Crippen LogP contribution in [0.2, 0.25) is 5.02 Å². The topological polar surface area (TPSA) is 56.4 Å². The molecule has 2 aromatic carbocycles. The second-order valence-corrected chi connectivity index (χ2v) is 10.6. The Bertz CT molecular complexity index is 1360. The number of aromatic amines is 1. The number of fused-ring (bicyclic) bond motifs is 5. The molecule has 1 N–H and O–H groups in total. The summed E-state index contributed by atoms with van der Waals surface area (Å²) in [5.41, 5.74) is 4.19. The third-order valence-corrected chi connectivity index (χ3v) is 8.53. The molecule has 3 heterocycles. The van der Waals surface area contributed by atoms with Gasteiger partial charge >= 0.3 is 0 Å². The van der Waals surface area contributed by atoms with Crippen molar-refractivity contribution >= 4 is 34.3 Å². The maximum atomic E-state index is 14.1. The van der Waals surface area contributed by atoms with E-state index in [1.54, 1.807) is 9.80 Å². The van der Waals surface area contributed by atoms with Crippen LogP contribution in [0.1, 0.15) is 61.8 Å². The Morgan fingerprint density at radius 3 is 2.69 bits per heavy atom. The molecule has 2 amide bonds. The van der Waals surface area contributed by atoms with Gasteiger partial charge in [0, 0.05) is 34.9 Å². The molecule has 0 spiro atoms. The number of halogens is 1. The number of rotatable bonds is 4. The van der Waals surface area contributed by atoms with Gasteiger partial charge in [-0.15, -0.1) is 0 Å². The smallest absolute Gasteiger partial charge is 0.254 e. The average Bonchev–Trinajstić information content (AvgIpc) is 3.28. The molecular weight excluding hydrogens is 458 g/mol. The van der Waals surface area contributed by atoms with E-state index in [-0.39, 0.29) is 24.3 Å². The highest BCUT2D eigenvalue weighted by molar-refractivity contribution is 6.31. The summed E-state index contributed by atoms with van der Waals surface area (Å²) < 4.78 is 0. The zero-order chi connectivity index (χ0) is 24.2. The summed E-state index contributed by atoms with van der Waals surface area (Å²) in [4.78, 5) is 34.8. The van der Waals surface area contributed by atoms with Gasteiger partial charge in [-0.2, -0.15) is 0 Å². The van der Waals surface area contributed by atoms with Crippen molar-refractivity contribution in [3.05, 3.63) is 82.0 Å². The van der Waals surface area contributed by atoms with Crippen molar-refractivity contribution in [2.75, 3.05) is 19.6 Å². The van der Waals surface area contributed by atoms with Crippen LogP contribution in [0.15, 0.2) is 60.2 Å². The summed E-state index contributed by atoms with van der Waals surface area (Å²) in [6, 6.07) is 16.0. The van der Waals surface area contributed by atoms with Crippen LogP contribution < -0.4 is 0 Å². The van der Waals surface area contributed by atoms with Gasteiger partial charge in [0.2, 0.25) is 5.91 Å². The number of benzene rings is 2. The van der Waals surface area contributed by atoms with E-state index in [9.17, 15) is 9.59 Å². The molecule has 1 aromatic heterocycles. The van der Waals surface area contributed by atoms with Gasteiger partial charge in [0.15, 0.2) is 5.54 Å². The highest BCUT2D eigenvalue weighted by atomic mass is 35.5. The molecule has 35 heavy (non-hydrogen) atoms. The average molecular weight is 488 g/mol. The zero-order valence-corrected chi connectivity index (χ0v) is 20.8. The Hall–Kier alpha value is -3.05. The fraction of sp³-hybridized carbons (Fsp3) is 0.379. The molecule has 0 unspecified atom stereocenters. The number of para-hydroxylation sites is 1. The van der Waals surface area contributed by atoms with Gasteiger partial charge in [-0.25, -0.2) is 0 Å². The molecule has 1 saturated heterocycles. The Kier molecular flexibility index (Phi) is 5.48. The number of nitrogens with zero attached hydrogens (tertiary/aromatic N) is 2. The van der Waals surface area contributed by atoms with E-state index in [0.717, 1.165) is 47.0 Å². The lowest BCUT2D eigenvalue weighted by Crippen LogP contribution is -2.67. The fourth-order valence-electron chi connectivity index (χ4n) is 6.31. The Morgan fingerprint density at radius 1 is 1.09 bits per heavy atom. The van der Waals surface area contributed by atoms with E-state index in [0.29, 0.717) is 18.1 Å². The number of carbonyl (C=O) groups excluding carboxylic acids is 2. The monoisotopic (exact) mass is 487 g/mol. The van der Waals surface area contributed by atoms with Gasteiger partial charge in [0.1, 0.15) is 0 Å². The fourth-order valence-corrected chi connectivity index (χ4v) is 6.57. The molecule has 0 bridgehead atoms. The molecule has 5 nitrogen and oxygen atoms in total. The van der Waals surface area contributed by atoms with Gasteiger partial charge in [0.25, 0.3) is 5.91 Å². The lowest BCUT2D eigenvalue weighted by atomic mass is 9.76. The molecular formula is C29H30ClN3O2. The van der Waals surface area contributed by atoms with E-state index < -0.39 is 5.54 Å². The number of carbonyl (C=O) groups is 2. The molecule has 180 valence electrons. The van der Waals surface area contributed by atoms with Crippen molar-refractivity contribution in [1.29, 1.82) is 0 Å². The molecule has 1 fully saturated rings. The van der Waals surface area contributed by atoms with E-state index in [1.807, 2.05) is 49.4 Å². The summed E-state index contributed by atoms with van der Waals surface area (Å²) in [5, 5.41) is 1.76. The zero-order valence-electron chi connectivity index (χ0n) is 20.0. The van der Waals surface area contributed by atoms with Crippen LogP contribution in [0.25, 0.3) is 10.9 Å². The van der Waals surface area contributed by atoms with E-state index in [2.05, 4.69) is 17.1 Å². The highest BCUT2D eigenvalue weighted by Gasteiger charge is 2.56. The lowest BCUT2D eigenvalue weighted by Gasteiger charge is -2.51. The number of nitrogens with one attached hydrogen (secondary N) is 1. The summed E-state index contributed by atoms with van der Waals surface area (Å²) in [5.74, 6) is -0.122. The van der Waals surface area contributed by atoms with Crippen molar-refractivity contribution < 1.29 is 9.59 Å². The number of amides is 2. The first kappa shape index (κ1) is 22.4. The number of H-pyrrole nitrogens is 1. The van der Waals surface area contributed by atoms with Crippen molar-refractivity contribution in [2.45, 2.75) is 50.5 Å². The van der Waals surface area contributed by atoms with Crippen LogP contribution in [0.5, 0.6) is 0 Å². The molecule has 3 aliphatic rings. The third kappa shape index (κ3) is 3.51. The molecule has 2 atom stereocenters. The minimum Gasteiger partial charge on any atom is -0.356 e. The molecule has 1 aliphatic carbocycles. The maximum Gasteiger partial charge on any atom is 0.254 e. The van der Waals surface area contributed by atoms with Gasteiger partial charge in [0.05, 0.1) is 12.2 Å². The lowest BCUT2D eigenvalue weighted by molar-refractivity contribution is -0.166. The van der Waals surface area contributed by atoms with Crippen molar-refractivity contribution in [2.24, 2.45) is 0 Å². The molecule has 0 radical (unpaired) electrons. The minimum atomic E-state index is -1.07. The molecule has 6 heteroatoms. The standard InChI is InChI=1S/C29H30ClN3O2/c1-29-27-26(21-12-6-8-14-24(21)31-27)22(20-11-5-7-13-23(20)30)17-33(29)25(34)18-32(28(29)35)16-15-19-9-3-2-4-10-19/h5-9,11-14,22,31H,2-4,10,15-18H2,1H3/t22-,29-/m0/s1. The quantitative estimate of drug-likeness (QED) is 0.477. The van der Waals surface area contributed by atoms with Crippen LogP contribution in [-0.2, 0) is 15.1 Å². The molecule has 0 saturated carbocycles. The number of hydrogen-bond donors (Lipinski definition) is 1. The Morgan fingerprint density at radius 2 is 1.89 bits per heavy atom. The van der Waals surface area contributed by atoms with Crippen LogP contribution in [0.3, 0.4) is 0 Å². The number of piperazine rings is 1. The van der Waals surface area contributed by atoms with Crippen LogP contribution in [-0.4, -0.2) is 46.2 Å². The van der Waals surface area contributed by atoms with Crippen molar-refractivity contribution in [3.8, 4) is 0 Å². The third-order valence-electron chi connectivity index (χ3n) is 8.19. The molecule has 3 aromatic rings. The number of hydrogen-bond acceptors (Lipinski definition) is 2. The maximum absolute atomic E-state index is 14.1. The van der Waals surface area contributed by atoms with E-state index >= 15 is 0 Å². The second kappa shape index (κ2) is 8.56. The van der Waals surface area contributed by atoms with Gasteiger partial charge in [-0.3, -0.25) is 9.59 Å². The first-order valence-electron chi connectivity index (χ1n) is 12.6. The Labute approximate surface area is 210 Å². The largest absolute Gasteiger partial charge is 0.356 e. The predicted molar refractivity (Wildman–Crippen MR) is 138 cm³/mol. The van der Waals surface area contributed by atoms with Gasteiger partial charge in [-0.1, -0.05) is 59.6 Å². The van der Waals surface area contributed by atoms with Crippen molar-refractivity contribution in [1.82, 2.24) is 14.8 Å². The number of aromatic nitrogens is 1. The molecule has 6 rings (SSSR count). The van der Waals surface area contributed by atoms with Gasteiger partial charge in [-0.05, 0) is 62.3 Å².